The third-order valence-electron chi connectivity index (χ3n) is 5.78. The van der Waals surface area contributed by atoms with Crippen LogP contribution in [-0.4, -0.2) is 44.8 Å². The second-order valence-electron chi connectivity index (χ2n) is 9.18. The Morgan fingerprint density at radius 3 is 2.34 bits per heavy atom. The molecule has 0 aromatic heterocycles. The predicted octanol–water partition coefficient (Wildman–Crippen LogP) is 4.93. The van der Waals surface area contributed by atoms with Crippen molar-refractivity contribution in [2.45, 2.75) is 84.4 Å². The SMILES string of the molecule is CCOC(=O)C[C@@H](O)[C@@H](C)[C@H](CCOCc1ccccc1)O[Si](C)(C)C(C)(C)C. The van der Waals surface area contributed by atoms with E-state index in [4.69, 9.17) is 13.9 Å². The minimum atomic E-state index is -2.04. The number of rotatable bonds is 12. The van der Waals surface area contributed by atoms with Crippen molar-refractivity contribution in [1.29, 1.82) is 0 Å². The van der Waals surface area contributed by atoms with E-state index in [2.05, 4.69) is 33.9 Å². The maximum absolute atomic E-state index is 11.8. The second-order valence-corrected chi connectivity index (χ2v) is 13.9. The number of benzene rings is 1. The lowest BCUT2D eigenvalue weighted by Gasteiger charge is -2.41. The van der Waals surface area contributed by atoms with Crippen molar-refractivity contribution >= 4 is 14.3 Å². The third-order valence-corrected chi connectivity index (χ3v) is 10.3. The van der Waals surface area contributed by atoms with Gasteiger partial charge in [-0.3, -0.25) is 4.79 Å². The fraction of sp³-hybridized carbons (Fsp3) is 0.696. The summed E-state index contributed by atoms with van der Waals surface area (Å²) >= 11 is 0. The molecule has 6 heteroatoms. The molecule has 0 spiro atoms. The van der Waals surface area contributed by atoms with Crippen LogP contribution < -0.4 is 0 Å². The van der Waals surface area contributed by atoms with E-state index < -0.39 is 14.4 Å². The Balaban J connectivity index is 2.75. The highest BCUT2D eigenvalue weighted by molar-refractivity contribution is 6.74. The van der Waals surface area contributed by atoms with Crippen molar-refractivity contribution in [2.75, 3.05) is 13.2 Å². The highest BCUT2D eigenvalue weighted by Crippen LogP contribution is 2.39. The summed E-state index contributed by atoms with van der Waals surface area (Å²) in [5.41, 5.74) is 1.13. The normalized spacial score (nSPS) is 15.6. The zero-order valence-corrected chi connectivity index (χ0v) is 20.2. The van der Waals surface area contributed by atoms with E-state index in [1.807, 2.05) is 37.3 Å². The molecule has 0 saturated carbocycles. The molecule has 29 heavy (non-hydrogen) atoms. The van der Waals surface area contributed by atoms with E-state index in [0.29, 0.717) is 26.2 Å². The van der Waals surface area contributed by atoms with Gasteiger partial charge < -0.3 is 19.0 Å². The van der Waals surface area contributed by atoms with E-state index in [1.54, 1.807) is 6.92 Å². The summed E-state index contributed by atoms with van der Waals surface area (Å²) in [5, 5.41) is 10.7. The van der Waals surface area contributed by atoms with Crippen LogP contribution >= 0.6 is 0 Å². The van der Waals surface area contributed by atoms with E-state index in [1.165, 1.54) is 0 Å². The summed E-state index contributed by atoms with van der Waals surface area (Å²) in [7, 11) is -2.04. The minimum Gasteiger partial charge on any atom is -0.466 e. The highest BCUT2D eigenvalue weighted by atomic mass is 28.4. The number of carbonyl (C=O) groups excluding carboxylic acids is 1. The fourth-order valence-corrected chi connectivity index (χ4v) is 4.22. The van der Waals surface area contributed by atoms with Crippen molar-refractivity contribution in [3.63, 3.8) is 0 Å². The largest absolute Gasteiger partial charge is 0.466 e. The number of aliphatic hydroxyl groups excluding tert-OH is 1. The first kappa shape index (κ1) is 25.8. The Morgan fingerprint density at radius 1 is 1.17 bits per heavy atom. The topological polar surface area (TPSA) is 65.0 Å². The van der Waals surface area contributed by atoms with Gasteiger partial charge in [0.2, 0.25) is 0 Å². The molecule has 5 nitrogen and oxygen atoms in total. The molecule has 0 radical (unpaired) electrons. The molecule has 0 aliphatic rings. The van der Waals surface area contributed by atoms with Gasteiger partial charge in [0.25, 0.3) is 0 Å². The molecule has 0 bridgehead atoms. The van der Waals surface area contributed by atoms with Crippen LogP contribution in [0.1, 0.15) is 53.0 Å². The third kappa shape index (κ3) is 8.99. The van der Waals surface area contributed by atoms with Crippen molar-refractivity contribution in [3.8, 4) is 0 Å². The lowest BCUT2D eigenvalue weighted by molar-refractivity contribution is -0.146. The van der Waals surface area contributed by atoms with E-state index in [-0.39, 0.29) is 29.5 Å². The van der Waals surface area contributed by atoms with E-state index >= 15 is 0 Å². The first-order valence-corrected chi connectivity index (χ1v) is 13.5. The van der Waals surface area contributed by atoms with Crippen LogP contribution in [-0.2, 0) is 25.3 Å². The number of ether oxygens (including phenoxy) is 2. The Bertz CT molecular complexity index is 597. The quantitative estimate of drug-likeness (QED) is 0.293. The number of hydrogen-bond acceptors (Lipinski definition) is 5. The van der Waals surface area contributed by atoms with Crippen molar-refractivity contribution in [3.05, 3.63) is 35.9 Å². The lowest BCUT2D eigenvalue weighted by Crippen LogP contribution is -2.47. The van der Waals surface area contributed by atoms with Gasteiger partial charge >= 0.3 is 5.97 Å². The van der Waals surface area contributed by atoms with E-state index in [0.717, 1.165) is 5.56 Å². The molecule has 0 aliphatic heterocycles. The predicted molar refractivity (Wildman–Crippen MR) is 119 cm³/mol. The summed E-state index contributed by atoms with van der Waals surface area (Å²) in [6, 6.07) is 10.1. The zero-order valence-electron chi connectivity index (χ0n) is 19.2. The van der Waals surface area contributed by atoms with Gasteiger partial charge in [0.1, 0.15) is 0 Å². The van der Waals surface area contributed by atoms with Crippen LogP contribution in [0.5, 0.6) is 0 Å². The Labute approximate surface area is 177 Å². The molecule has 0 fully saturated rings. The van der Waals surface area contributed by atoms with Gasteiger partial charge in [0.05, 0.1) is 31.8 Å². The minimum absolute atomic E-state index is 0.0166. The van der Waals surface area contributed by atoms with Gasteiger partial charge in [-0.2, -0.15) is 0 Å². The summed E-state index contributed by atoms with van der Waals surface area (Å²) < 4.78 is 17.5. The molecular weight excluding hydrogens is 384 g/mol. The molecule has 0 amide bonds. The molecular formula is C23H40O5Si. The van der Waals surface area contributed by atoms with Gasteiger partial charge in [-0.1, -0.05) is 58.0 Å². The van der Waals surface area contributed by atoms with Gasteiger partial charge in [-0.15, -0.1) is 0 Å². The van der Waals surface area contributed by atoms with Crippen molar-refractivity contribution in [1.82, 2.24) is 0 Å². The molecule has 1 aromatic rings. The van der Waals surface area contributed by atoms with Crippen molar-refractivity contribution in [2.24, 2.45) is 5.92 Å². The number of hydrogen-bond donors (Lipinski definition) is 1. The number of esters is 1. The first-order chi connectivity index (χ1) is 13.5. The van der Waals surface area contributed by atoms with Crippen LogP contribution in [0.25, 0.3) is 0 Å². The first-order valence-electron chi connectivity index (χ1n) is 10.6. The summed E-state index contributed by atoms with van der Waals surface area (Å²) in [6.45, 7) is 16.1. The van der Waals surface area contributed by atoms with Gasteiger partial charge in [0.15, 0.2) is 8.32 Å². The summed E-state index contributed by atoms with van der Waals surface area (Å²) in [6.07, 6.45) is -0.341. The molecule has 166 valence electrons. The standard InChI is InChI=1S/C23H40O5Si/c1-8-27-22(25)16-20(24)18(2)21(28-29(6,7)23(3,4)5)14-15-26-17-19-12-10-9-11-13-19/h9-13,18,20-21,24H,8,14-17H2,1-7H3/t18-,20-,21+/m1/s1. The molecule has 1 N–H and O–H groups in total. The summed E-state index contributed by atoms with van der Waals surface area (Å²) in [5.74, 6) is -0.577. The van der Waals surface area contributed by atoms with Gasteiger partial charge in [-0.25, -0.2) is 0 Å². The second kappa shape index (κ2) is 11.8. The average molecular weight is 425 g/mol. The molecule has 0 unspecified atom stereocenters. The van der Waals surface area contributed by atoms with Gasteiger partial charge in [-0.05, 0) is 37.0 Å². The Hall–Kier alpha value is -1.21. The molecule has 0 aliphatic carbocycles. The molecule has 0 saturated heterocycles. The van der Waals surface area contributed by atoms with E-state index in [9.17, 15) is 9.90 Å². The smallest absolute Gasteiger partial charge is 0.308 e. The molecule has 0 heterocycles. The van der Waals surface area contributed by atoms with Crippen LogP contribution in [0, 0.1) is 5.92 Å². The Morgan fingerprint density at radius 2 is 1.79 bits per heavy atom. The molecule has 1 rings (SSSR count). The maximum Gasteiger partial charge on any atom is 0.308 e. The lowest BCUT2D eigenvalue weighted by atomic mass is 9.94. The fourth-order valence-electron chi connectivity index (χ4n) is 2.77. The molecule has 3 atom stereocenters. The summed E-state index contributed by atoms with van der Waals surface area (Å²) in [4.78, 5) is 11.8. The van der Waals surface area contributed by atoms with Crippen molar-refractivity contribution < 1.29 is 23.8 Å². The number of carbonyl (C=O) groups is 1. The van der Waals surface area contributed by atoms with Gasteiger partial charge in [0, 0.05) is 12.5 Å². The maximum atomic E-state index is 11.8. The van der Waals surface area contributed by atoms with Crippen LogP contribution in [0.4, 0.5) is 0 Å². The zero-order chi connectivity index (χ0) is 22.1. The number of aliphatic hydroxyl groups is 1. The van der Waals surface area contributed by atoms with Crippen LogP contribution in [0.3, 0.4) is 0 Å². The van der Waals surface area contributed by atoms with Crippen LogP contribution in [0.15, 0.2) is 30.3 Å². The molecule has 1 aromatic carbocycles. The highest BCUT2D eigenvalue weighted by Gasteiger charge is 2.41. The monoisotopic (exact) mass is 424 g/mol. The van der Waals surface area contributed by atoms with Crippen LogP contribution in [0.2, 0.25) is 18.1 Å². The average Bonchev–Trinajstić information content (AvgIpc) is 2.63. The Kier molecular flexibility index (Phi) is 10.5.